The van der Waals surface area contributed by atoms with Crippen molar-refractivity contribution in [2.45, 2.75) is 26.4 Å². The first-order valence-electron chi connectivity index (χ1n) is 4.91. The molecule has 1 heterocycles. The molecule has 0 amide bonds. The molecule has 0 saturated carbocycles. The molecule has 0 unspecified atom stereocenters. The second-order valence-corrected chi connectivity index (χ2v) is 3.71. The molecule has 2 aromatic rings. The van der Waals surface area contributed by atoms with E-state index in [1.165, 1.54) is 12.1 Å². The van der Waals surface area contributed by atoms with Crippen molar-refractivity contribution in [1.29, 1.82) is 0 Å². The van der Waals surface area contributed by atoms with Crippen LogP contribution in [0, 0.1) is 0 Å². The lowest BCUT2D eigenvalue weighted by Crippen LogP contribution is -2.01. The number of hydrogen-bond donors (Lipinski definition) is 0. The van der Waals surface area contributed by atoms with E-state index in [0.29, 0.717) is 17.0 Å². The lowest BCUT2D eigenvalue weighted by Gasteiger charge is -2.02. The number of fused-ring (bicyclic) bond motifs is 1. The minimum absolute atomic E-state index is 0.0777. The lowest BCUT2D eigenvalue weighted by molar-refractivity contribution is -0.0497. The smallest absolute Gasteiger partial charge is 0.387 e. The molecule has 3 nitrogen and oxygen atoms in total. The fourth-order valence-corrected chi connectivity index (χ4v) is 1.35. The molecular weight excluding hydrogens is 216 g/mol. The Morgan fingerprint density at radius 2 is 2.06 bits per heavy atom. The summed E-state index contributed by atoms with van der Waals surface area (Å²) >= 11 is 0. The molecule has 5 heteroatoms. The van der Waals surface area contributed by atoms with Crippen LogP contribution in [0.3, 0.4) is 0 Å². The number of benzene rings is 1. The van der Waals surface area contributed by atoms with Crippen LogP contribution in [0.25, 0.3) is 11.1 Å². The van der Waals surface area contributed by atoms with Crippen LogP contribution < -0.4 is 4.74 Å². The van der Waals surface area contributed by atoms with E-state index in [-0.39, 0.29) is 11.7 Å². The second kappa shape index (κ2) is 4.08. The monoisotopic (exact) mass is 227 g/mol. The summed E-state index contributed by atoms with van der Waals surface area (Å²) in [5, 5.41) is 0. The van der Waals surface area contributed by atoms with Gasteiger partial charge < -0.3 is 9.15 Å². The fraction of sp³-hybridized carbons (Fsp3) is 0.364. The van der Waals surface area contributed by atoms with Gasteiger partial charge >= 0.3 is 6.61 Å². The highest BCUT2D eigenvalue weighted by Gasteiger charge is 2.11. The minimum atomic E-state index is -2.83. The number of ether oxygens (including phenoxy) is 1. The molecule has 0 bridgehead atoms. The summed E-state index contributed by atoms with van der Waals surface area (Å²) in [5.74, 6) is 0.824. The molecule has 0 aliphatic heterocycles. The average molecular weight is 227 g/mol. The second-order valence-electron chi connectivity index (χ2n) is 3.71. The molecule has 0 N–H and O–H groups in total. The third kappa shape index (κ3) is 2.13. The molecule has 86 valence electrons. The summed E-state index contributed by atoms with van der Waals surface area (Å²) in [5.41, 5.74) is 1.10. The van der Waals surface area contributed by atoms with E-state index >= 15 is 0 Å². The largest absolute Gasteiger partial charge is 0.440 e. The van der Waals surface area contributed by atoms with Crippen LogP contribution in [-0.2, 0) is 0 Å². The molecule has 0 fully saturated rings. The van der Waals surface area contributed by atoms with E-state index in [2.05, 4.69) is 9.72 Å². The zero-order chi connectivity index (χ0) is 11.7. The molecule has 2 rings (SSSR count). The summed E-state index contributed by atoms with van der Waals surface area (Å²) in [7, 11) is 0. The van der Waals surface area contributed by atoms with Gasteiger partial charge in [-0.25, -0.2) is 4.98 Å². The van der Waals surface area contributed by atoms with Gasteiger partial charge in [-0.1, -0.05) is 13.8 Å². The van der Waals surface area contributed by atoms with Crippen LogP contribution in [0.4, 0.5) is 8.78 Å². The van der Waals surface area contributed by atoms with Gasteiger partial charge in [-0.05, 0) is 12.1 Å². The third-order valence-electron chi connectivity index (χ3n) is 2.10. The van der Waals surface area contributed by atoms with Crippen molar-refractivity contribution in [3.8, 4) is 5.75 Å². The van der Waals surface area contributed by atoms with E-state index in [0.717, 1.165) is 0 Å². The maximum Gasteiger partial charge on any atom is 0.387 e. The summed E-state index contributed by atoms with van der Waals surface area (Å²) < 4.78 is 33.7. The van der Waals surface area contributed by atoms with Crippen LogP contribution in [-0.4, -0.2) is 11.6 Å². The van der Waals surface area contributed by atoms with Crippen molar-refractivity contribution in [2.75, 3.05) is 0 Å². The normalized spacial score (nSPS) is 11.6. The molecule has 0 spiro atoms. The Bertz CT molecular complexity index is 494. The van der Waals surface area contributed by atoms with Gasteiger partial charge in [0.2, 0.25) is 0 Å². The van der Waals surface area contributed by atoms with Crippen molar-refractivity contribution >= 4 is 11.1 Å². The number of rotatable bonds is 3. The van der Waals surface area contributed by atoms with Crippen molar-refractivity contribution in [3.05, 3.63) is 24.1 Å². The van der Waals surface area contributed by atoms with Gasteiger partial charge in [0.15, 0.2) is 11.5 Å². The van der Waals surface area contributed by atoms with Crippen LogP contribution in [0.2, 0.25) is 0 Å². The van der Waals surface area contributed by atoms with Crippen molar-refractivity contribution < 1.29 is 17.9 Å². The summed E-state index contributed by atoms with van der Waals surface area (Å²) in [6, 6.07) is 4.46. The predicted molar refractivity (Wildman–Crippen MR) is 54.7 cm³/mol. The minimum Gasteiger partial charge on any atom is -0.440 e. The van der Waals surface area contributed by atoms with E-state index in [1.807, 2.05) is 13.8 Å². The number of oxazole rings is 1. The van der Waals surface area contributed by atoms with Crippen LogP contribution >= 0.6 is 0 Å². The topological polar surface area (TPSA) is 35.3 Å². The molecule has 0 radical (unpaired) electrons. The zero-order valence-electron chi connectivity index (χ0n) is 8.91. The highest BCUT2D eigenvalue weighted by molar-refractivity contribution is 5.74. The Morgan fingerprint density at radius 3 is 2.69 bits per heavy atom. The van der Waals surface area contributed by atoms with E-state index < -0.39 is 6.61 Å². The molecule has 1 aromatic heterocycles. The number of aromatic nitrogens is 1. The standard InChI is InChI=1S/C11H11F2NO2/c1-6(2)10-14-8-4-3-7(15-11(12)13)5-9(8)16-10/h3-6,11H,1-2H3. The number of halogens is 2. The van der Waals surface area contributed by atoms with E-state index in [9.17, 15) is 8.78 Å². The number of hydrogen-bond acceptors (Lipinski definition) is 3. The summed E-state index contributed by atoms with van der Waals surface area (Å²) in [4.78, 5) is 4.22. The molecule has 0 saturated heterocycles. The van der Waals surface area contributed by atoms with E-state index in [4.69, 9.17) is 4.42 Å². The number of alkyl halides is 2. The Kier molecular flexibility index (Phi) is 2.77. The van der Waals surface area contributed by atoms with Gasteiger partial charge in [0.1, 0.15) is 11.3 Å². The molecular formula is C11H11F2NO2. The van der Waals surface area contributed by atoms with E-state index in [1.54, 1.807) is 6.07 Å². The molecule has 0 atom stereocenters. The van der Waals surface area contributed by atoms with Crippen LogP contribution in [0.15, 0.2) is 22.6 Å². The maximum absolute atomic E-state index is 12.0. The van der Waals surface area contributed by atoms with Gasteiger partial charge in [0.05, 0.1) is 0 Å². The Balaban J connectivity index is 2.38. The van der Waals surface area contributed by atoms with Crippen molar-refractivity contribution in [3.63, 3.8) is 0 Å². The van der Waals surface area contributed by atoms with Gasteiger partial charge in [-0.3, -0.25) is 0 Å². The Labute approximate surface area is 91.0 Å². The summed E-state index contributed by atoms with van der Waals surface area (Å²) in [6.07, 6.45) is 0. The number of nitrogens with zero attached hydrogens (tertiary/aromatic N) is 1. The van der Waals surface area contributed by atoms with Crippen molar-refractivity contribution in [1.82, 2.24) is 4.98 Å². The lowest BCUT2D eigenvalue weighted by atomic mass is 10.2. The first-order valence-corrected chi connectivity index (χ1v) is 4.91. The van der Waals surface area contributed by atoms with Crippen LogP contribution in [0.5, 0.6) is 5.75 Å². The highest BCUT2D eigenvalue weighted by Crippen LogP contribution is 2.25. The molecule has 16 heavy (non-hydrogen) atoms. The van der Waals surface area contributed by atoms with Gasteiger partial charge in [-0.2, -0.15) is 8.78 Å². The SMILES string of the molecule is CC(C)c1nc2ccc(OC(F)F)cc2o1. The average Bonchev–Trinajstić information content (AvgIpc) is 2.59. The fourth-order valence-electron chi connectivity index (χ4n) is 1.35. The third-order valence-corrected chi connectivity index (χ3v) is 2.10. The van der Waals surface area contributed by atoms with Crippen molar-refractivity contribution in [2.24, 2.45) is 0 Å². The predicted octanol–water partition coefficient (Wildman–Crippen LogP) is 3.55. The van der Waals surface area contributed by atoms with Gasteiger partial charge in [0, 0.05) is 12.0 Å². The van der Waals surface area contributed by atoms with Gasteiger partial charge in [0.25, 0.3) is 0 Å². The molecule has 0 aliphatic carbocycles. The highest BCUT2D eigenvalue weighted by atomic mass is 19.3. The van der Waals surface area contributed by atoms with Crippen LogP contribution in [0.1, 0.15) is 25.7 Å². The molecule has 0 aliphatic rings. The van der Waals surface area contributed by atoms with Gasteiger partial charge in [-0.15, -0.1) is 0 Å². The first kappa shape index (κ1) is 10.9. The maximum atomic E-state index is 12.0. The Hall–Kier alpha value is -1.65. The first-order chi connectivity index (χ1) is 7.56. The zero-order valence-corrected chi connectivity index (χ0v) is 8.91. The quantitative estimate of drug-likeness (QED) is 0.804. The molecule has 1 aromatic carbocycles. The summed E-state index contributed by atoms with van der Waals surface area (Å²) in [6.45, 7) is 1.06. The Morgan fingerprint density at radius 1 is 1.31 bits per heavy atom.